The molecule has 3 aromatic rings. The predicted molar refractivity (Wildman–Crippen MR) is 77.0 cm³/mol. The quantitative estimate of drug-likeness (QED) is 0.410. The summed E-state index contributed by atoms with van der Waals surface area (Å²) in [6, 6.07) is 4.31. The molecule has 0 fully saturated rings. The van der Waals surface area contributed by atoms with Gasteiger partial charge in [0.2, 0.25) is 0 Å². The van der Waals surface area contributed by atoms with Crippen molar-refractivity contribution in [3.8, 4) is 11.5 Å². The third kappa shape index (κ3) is 2.21. The number of fused-ring (bicyclic) bond motifs is 1. The van der Waals surface area contributed by atoms with Crippen molar-refractivity contribution >= 4 is 39.5 Å². The minimum absolute atomic E-state index is 0.0346. The van der Waals surface area contributed by atoms with E-state index in [2.05, 4.69) is 15.0 Å². The normalized spacial score (nSPS) is 10.9. The lowest BCUT2D eigenvalue weighted by Gasteiger charge is -2.02. The zero-order chi connectivity index (χ0) is 14.3. The van der Waals surface area contributed by atoms with Gasteiger partial charge in [0.15, 0.2) is 5.82 Å². The number of aromatic nitrogens is 3. The number of nitrogens with zero attached hydrogens (tertiary/aromatic N) is 4. The first-order valence-electron chi connectivity index (χ1n) is 5.59. The van der Waals surface area contributed by atoms with Crippen molar-refractivity contribution < 1.29 is 4.92 Å². The maximum atomic E-state index is 10.8. The molecule has 20 heavy (non-hydrogen) atoms. The van der Waals surface area contributed by atoms with Crippen LogP contribution in [-0.4, -0.2) is 19.9 Å². The lowest BCUT2D eigenvalue weighted by Crippen LogP contribution is -1.94. The first kappa shape index (κ1) is 12.9. The zero-order valence-corrected chi connectivity index (χ0v) is 11.8. The summed E-state index contributed by atoms with van der Waals surface area (Å²) in [4.78, 5) is 23.1. The highest BCUT2D eigenvalue weighted by molar-refractivity contribution is 7.09. The second-order valence-corrected chi connectivity index (χ2v) is 5.47. The molecule has 0 bridgehead atoms. The minimum Gasteiger partial charge on any atom is -0.258 e. The molecule has 8 heteroatoms. The Morgan fingerprint density at radius 1 is 1.30 bits per heavy atom. The van der Waals surface area contributed by atoms with Crippen molar-refractivity contribution in [1.82, 2.24) is 15.0 Å². The van der Waals surface area contributed by atoms with E-state index in [0.717, 1.165) is 5.01 Å². The highest BCUT2D eigenvalue weighted by Gasteiger charge is 2.13. The molecule has 0 amide bonds. The van der Waals surface area contributed by atoms with E-state index >= 15 is 0 Å². The SMILES string of the molecule is Cc1nc(-c2nc(Cl)c3ccc([N+](=O)[O-])cc3n2)cs1. The van der Waals surface area contributed by atoms with Crippen molar-refractivity contribution in [3.63, 3.8) is 0 Å². The van der Waals surface area contributed by atoms with Gasteiger partial charge in [-0.3, -0.25) is 10.1 Å². The maximum absolute atomic E-state index is 10.8. The van der Waals surface area contributed by atoms with E-state index in [-0.39, 0.29) is 10.8 Å². The van der Waals surface area contributed by atoms with Crippen LogP contribution in [0.15, 0.2) is 23.6 Å². The van der Waals surface area contributed by atoms with E-state index in [0.29, 0.717) is 22.4 Å². The number of non-ortho nitro benzene ring substituents is 1. The smallest absolute Gasteiger partial charge is 0.258 e. The van der Waals surface area contributed by atoms with Crippen molar-refractivity contribution in [3.05, 3.63) is 43.9 Å². The molecule has 0 atom stereocenters. The molecule has 0 aliphatic carbocycles. The number of benzene rings is 1. The van der Waals surface area contributed by atoms with Gasteiger partial charge in [0.05, 0.1) is 15.4 Å². The summed E-state index contributed by atoms with van der Waals surface area (Å²) in [6.07, 6.45) is 0. The third-order valence-electron chi connectivity index (χ3n) is 2.69. The molecule has 100 valence electrons. The molecule has 3 rings (SSSR count). The van der Waals surface area contributed by atoms with E-state index in [9.17, 15) is 10.1 Å². The van der Waals surface area contributed by atoms with Crippen molar-refractivity contribution in [1.29, 1.82) is 0 Å². The Balaban J connectivity index is 2.23. The average Bonchev–Trinajstić information content (AvgIpc) is 2.84. The lowest BCUT2D eigenvalue weighted by atomic mass is 10.2. The number of hydrogen-bond donors (Lipinski definition) is 0. The summed E-state index contributed by atoms with van der Waals surface area (Å²) in [7, 11) is 0. The van der Waals surface area contributed by atoms with Gasteiger partial charge in [-0.25, -0.2) is 15.0 Å². The van der Waals surface area contributed by atoms with Crippen LogP contribution >= 0.6 is 22.9 Å². The van der Waals surface area contributed by atoms with Crippen molar-refractivity contribution in [2.24, 2.45) is 0 Å². The van der Waals surface area contributed by atoms with Crippen LogP contribution < -0.4 is 0 Å². The van der Waals surface area contributed by atoms with E-state index < -0.39 is 4.92 Å². The Morgan fingerprint density at radius 2 is 2.10 bits per heavy atom. The molecule has 0 N–H and O–H groups in total. The number of halogens is 1. The Morgan fingerprint density at radius 3 is 2.75 bits per heavy atom. The molecule has 2 heterocycles. The molecule has 2 aromatic heterocycles. The lowest BCUT2D eigenvalue weighted by molar-refractivity contribution is -0.384. The van der Waals surface area contributed by atoms with Gasteiger partial charge in [-0.15, -0.1) is 11.3 Å². The van der Waals surface area contributed by atoms with Crippen LogP contribution in [0.3, 0.4) is 0 Å². The molecule has 1 aromatic carbocycles. The molecule has 0 saturated carbocycles. The fraction of sp³-hybridized carbons (Fsp3) is 0.0833. The molecule has 0 aliphatic heterocycles. The number of hydrogen-bond acceptors (Lipinski definition) is 6. The van der Waals surface area contributed by atoms with Gasteiger partial charge in [-0.05, 0) is 13.0 Å². The Bertz CT molecular complexity index is 833. The standard InChI is InChI=1S/C12H7ClN4O2S/c1-6-14-10(5-20-6)12-15-9-4-7(17(18)19)2-3-8(9)11(13)16-12/h2-5H,1H3. The van der Waals surface area contributed by atoms with Crippen molar-refractivity contribution in [2.45, 2.75) is 6.92 Å². The molecule has 6 nitrogen and oxygen atoms in total. The van der Waals surface area contributed by atoms with Gasteiger partial charge in [0.25, 0.3) is 5.69 Å². The van der Waals surface area contributed by atoms with E-state index in [1.807, 2.05) is 12.3 Å². The number of aryl methyl sites for hydroxylation is 1. The Labute approximate surface area is 122 Å². The fourth-order valence-corrected chi connectivity index (χ4v) is 2.60. The number of thiazole rings is 1. The summed E-state index contributed by atoms with van der Waals surface area (Å²) in [5.41, 5.74) is 1.01. The van der Waals surface area contributed by atoms with Gasteiger partial charge in [0, 0.05) is 22.9 Å². The molecule has 0 saturated heterocycles. The van der Waals surface area contributed by atoms with Crippen LogP contribution in [0.4, 0.5) is 5.69 Å². The largest absolute Gasteiger partial charge is 0.271 e. The second kappa shape index (κ2) is 4.77. The molecule has 0 aliphatic rings. The highest BCUT2D eigenvalue weighted by Crippen LogP contribution is 2.27. The molecule has 0 unspecified atom stereocenters. The van der Waals surface area contributed by atoms with Gasteiger partial charge in [0.1, 0.15) is 10.8 Å². The number of nitro benzene ring substituents is 1. The maximum Gasteiger partial charge on any atom is 0.271 e. The van der Waals surface area contributed by atoms with Gasteiger partial charge < -0.3 is 0 Å². The molecular formula is C12H7ClN4O2S. The first-order chi connectivity index (χ1) is 9.54. The monoisotopic (exact) mass is 306 g/mol. The van der Waals surface area contributed by atoms with Crippen LogP contribution in [0.25, 0.3) is 22.4 Å². The molecule has 0 spiro atoms. The van der Waals surface area contributed by atoms with Gasteiger partial charge in [-0.2, -0.15) is 0 Å². The molecule has 0 radical (unpaired) electrons. The van der Waals surface area contributed by atoms with Crippen LogP contribution in [-0.2, 0) is 0 Å². The summed E-state index contributed by atoms with van der Waals surface area (Å²) in [5, 5.41) is 14.3. The van der Waals surface area contributed by atoms with Crippen LogP contribution in [0.2, 0.25) is 5.15 Å². The number of nitro groups is 1. The molecular weight excluding hydrogens is 300 g/mol. The minimum atomic E-state index is -0.470. The Hall–Kier alpha value is -2.12. The third-order valence-corrected chi connectivity index (χ3v) is 3.75. The summed E-state index contributed by atoms with van der Waals surface area (Å²) >= 11 is 7.58. The van der Waals surface area contributed by atoms with Gasteiger partial charge >= 0.3 is 0 Å². The second-order valence-electron chi connectivity index (χ2n) is 4.05. The van der Waals surface area contributed by atoms with Crippen LogP contribution in [0, 0.1) is 17.0 Å². The first-order valence-corrected chi connectivity index (χ1v) is 6.84. The average molecular weight is 307 g/mol. The highest BCUT2D eigenvalue weighted by atomic mass is 35.5. The van der Waals surface area contributed by atoms with Gasteiger partial charge in [-0.1, -0.05) is 11.6 Å². The summed E-state index contributed by atoms with van der Waals surface area (Å²) < 4.78 is 0. The van der Waals surface area contributed by atoms with Crippen LogP contribution in [0.5, 0.6) is 0 Å². The van der Waals surface area contributed by atoms with E-state index in [1.54, 1.807) is 6.07 Å². The topological polar surface area (TPSA) is 81.8 Å². The predicted octanol–water partition coefficient (Wildman–Crippen LogP) is 3.62. The zero-order valence-electron chi connectivity index (χ0n) is 10.2. The Kier molecular flexibility index (Phi) is 3.07. The van der Waals surface area contributed by atoms with Crippen molar-refractivity contribution in [2.75, 3.05) is 0 Å². The van der Waals surface area contributed by atoms with Crippen LogP contribution in [0.1, 0.15) is 5.01 Å². The number of rotatable bonds is 2. The fourth-order valence-electron chi connectivity index (χ4n) is 1.77. The van der Waals surface area contributed by atoms with E-state index in [4.69, 9.17) is 11.6 Å². The summed E-state index contributed by atoms with van der Waals surface area (Å²) in [6.45, 7) is 1.88. The summed E-state index contributed by atoms with van der Waals surface area (Å²) in [5.74, 6) is 0.368. The van der Waals surface area contributed by atoms with E-state index in [1.165, 1.54) is 23.5 Å².